The molecule has 3 heterocycles. The van der Waals surface area contributed by atoms with Gasteiger partial charge in [-0.2, -0.15) is 0 Å². The Balaban J connectivity index is 1.49. The van der Waals surface area contributed by atoms with E-state index < -0.39 is 0 Å². The van der Waals surface area contributed by atoms with Gasteiger partial charge in [0, 0.05) is 31.9 Å². The highest BCUT2D eigenvalue weighted by Crippen LogP contribution is 2.26. The fourth-order valence-electron chi connectivity index (χ4n) is 3.75. The predicted octanol–water partition coefficient (Wildman–Crippen LogP) is 2.18. The van der Waals surface area contributed by atoms with Crippen molar-refractivity contribution in [2.24, 2.45) is 0 Å². The minimum Gasteiger partial charge on any atom is -0.371 e. The zero-order valence-electron chi connectivity index (χ0n) is 16.1. The fraction of sp³-hybridized carbons (Fsp3) is 0.381. The smallest absolute Gasteiger partial charge is 0.257 e. The summed E-state index contributed by atoms with van der Waals surface area (Å²) in [5.41, 5.74) is 3.39. The number of nitrogens with zero attached hydrogens (tertiary/aromatic N) is 3. The van der Waals surface area contributed by atoms with Gasteiger partial charge in [0.2, 0.25) is 5.91 Å². The van der Waals surface area contributed by atoms with E-state index in [1.165, 1.54) is 0 Å². The number of hydrogen-bond donors (Lipinski definition) is 2. The molecule has 1 aromatic carbocycles. The van der Waals surface area contributed by atoms with Gasteiger partial charge in [-0.15, -0.1) is 0 Å². The van der Waals surface area contributed by atoms with Crippen LogP contribution in [0.3, 0.4) is 0 Å². The summed E-state index contributed by atoms with van der Waals surface area (Å²) in [6.45, 7) is 5.63. The van der Waals surface area contributed by atoms with Crippen LogP contribution in [0.1, 0.15) is 28.8 Å². The van der Waals surface area contributed by atoms with E-state index in [2.05, 4.69) is 26.6 Å². The minimum atomic E-state index is -0.127. The molecule has 0 atom stereocenters. The summed E-state index contributed by atoms with van der Waals surface area (Å²) < 4.78 is 0. The summed E-state index contributed by atoms with van der Waals surface area (Å²) in [4.78, 5) is 33.1. The molecule has 0 spiro atoms. The second-order valence-corrected chi connectivity index (χ2v) is 7.35. The van der Waals surface area contributed by atoms with Crippen molar-refractivity contribution in [2.45, 2.75) is 19.8 Å². The number of benzene rings is 1. The van der Waals surface area contributed by atoms with E-state index in [9.17, 15) is 9.59 Å². The van der Waals surface area contributed by atoms with Crippen LogP contribution >= 0.6 is 0 Å². The van der Waals surface area contributed by atoms with Crippen LogP contribution in [0.25, 0.3) is 0 Å². The van der Waals surface area contributed by atoms with Crippen LogP contribution in [-0.4, -0.2) is 49.5 Å². The number of aromatic nitrogens is 1. The molecule has 0 bridgehead atoms. The Labute approximate surface area is 164 Å². The van der Waals surface area contributed by atoms with Gasteiger partial charge in [-0.3, -0.25) is 9.59 Å². The summed E-state index contributed by atoms with van der Waals surface area (Å²) >= 11 is 0. The van der Waals surface area contributed by atoms with Gasteiger partial charge in [-0.25, -0.2) is 4.98 Å². The largest absolute Gasteiger partial charge is 0.371 e. The van der Waals surface area contributed by atoms with Gasteiger partial charge < -0.3 is 20.4 Å². The Bertz CT molecular complexity index is 875. The van der Waals surface area contributed by atoms with Crippen molar-refractivity contribution in [1.29, 1.82) is 0 Å². The molecule has 2 aliphatic heterocycles. The quantitative estimate of drug-likeness (QED) is 0.851. The normalized spacial score (nSPS) is 16.8. The van der Waals surface area contributed by atoms with Crippen molar-refractivity contribution < 1.29 is 9.59 Å². The summed E-state index contributed by atoms with van der Waals surface area (Å²) in [5.74, 6) is 0.609. The third kappa shape index (κ3) is 3.93. The van der Waals surface area contributed by atoms with Crippen LogP contribution in [-0.2, 0) is 4.79 Å². The van der Waals surface area contributed by atoms with Crippen LogP contribution in [0, 0.1) is 6.92 Å². The van der Waals surface area contributed by atoms with E-state index >= 15 is 0 Å². The minimum absolute atomic E-state index is 0.000631. The molecule has 0 aliphatic carbocycles. The highest BCUT2D eigenvalue weighted by Gasteiger charge is 2.20. The summed E-state index contributed by atoms with van der Waals surface area (Å²) in [6.07, 6.45) is 3.97. The van der Waals surface area contributed by atoms with Crippen molar-refractivity contribution in [3.05, 3.63) is 47.7 Å². The van der Waals surface area contributed by atoms with Gasteiger partial charge in [-0.05, 0) is 44.0 Å². The third-order valence-electron chi connectivity index (χ3n) is 5.21. The molecule has 2 aliphatic rings. The maximum Gasteiger partial charge on any atom is 0.257 e. The van der Waals surface area contributed by atoms with Crippen molar-refractivity contribution in [3.8, 4) is 0 Å². The zero-order valence-corrected chi connectivity index (χ0v) is 16.1. The Morgan fingerprint density at radius 3 is 2.64 bits per heavy atom. The number of amides is 2. The molecule has 7 heteroatoms. The zero-order chi connectivity index (χ0) is 19.5. The number of piperazine rings is 1. The lowest BCUT2D eigenvalue weighted by Crippen LogP contribution is -2.48. The molecule has 4 rings (SSSR count). The van der Waals surface area contributed by atoms with E-state index in [1.807, 2.05) is 36.1 Å². The van der Waals surface area contributed by atoms with Gasteiger partial charge in [0.05, 0.1) is 24.0 Å². The second-order valence-electron chi connectivity index (χ2n) is 7.35. The number of anilines is 3. The maximum absolute atomic E-state index is 12.9. The lowest BCUT2D eigenvalue weighted by atomic mass is 10.1. The lowest BCUT2D eigenvalue weighted by Gasteiger charge is -2.27. The van der Waals surface area contributed by atoms with Gasteiger partial charge >= 0.3 is 0 Å². The van der Waals surface area contributed by atoms with Crippen LogP contribution in [0.4, 0.5) is 17.2 Å². The SMILES string of the molecule is Cc1ccc(N2CCCC2)c(C(=O)Nc2ccc(N3CCNC(=O)C3)nc2)c1. The first kappa shape index (κ1) is 18.3. The standard InChI is InChI=1S/C21H25N5O2/c1-15-4-6-18(25-9-2-3-10-25)17(12-15)21(28)24-16-5-7-19(23-13-16)26-11-8-22-20(27)14-26/h4-7,12-13H,2-3,8-11,14H2,1H3,(H,22,27)(H,24,28). The molecule has 0 saturated carbocycles. The highest BCUT2D eigenvalue weighted by molar-refractivity contribution is 6.08. The van der Waals surface area contributed by atoms with E-state index in [1.54, 1.807) is 6.20 Å². The lowest BCUT2D eigenvalue weighted by molar-refractivity contribution is -0.120. The van der Waals surface area contributed by atoms with Crippen LogP contribution < -0.4 is 20.4 Å². The van der Waals surface area contributed by atoms with E-state index in [-0.39, 0.29) is 11.8 Å². The number of rotatable bonds is 4. The van der Waals surface area contributed by atoms with Crippen molar-refractivity contribution in [2.75, 3.05) is 47.8 Å². The monoisotopic (exact) mass is 379 g/mol. The molecule has 28 heavy (non-hydrogen) atoms. The van der Waals surface area contributed by atoms with Crippen LogP contribution in [0.2, 0.25) is 0 Å². The van der Waals surface area contributed by atoms with Crippen molar-refractivity contribution >= 4 is 29.0 Å². The first-order valence-electron chi connectivity index (χ1n) is 9.75. The van der Waals surface area contributed by atoms with Crippen LogP contribution in [0.15, 0.2) is 36.5 Å². The third-order valence-corrected chi connectivity index (χ3v) is 5.21. The van der Waals surface area contributed by atoms with E-state index in [0.717, 1.165) is 49.5 Å². The van der Waals surface area contributed by atoms with Gasteiger partial charge in [0.15, 0.2) is 0 Å². The number of pyridine rings is 1. The topological polar surface area (TPSA) is 77.6 Å². The molecule has 0 radical (unpaired) electrons. The molecule has 2 fully saturated rings. The molecule has 2 aromatic rings. The van der Waals surface area contributed by atoms with Crippen molar-refractivity contribution in [3.63, 3.8) is 0 Å². The molecule has 0 unspecified atom stereocenters. The fourth-order valence-corrected chi connectivity index (χ4v) is 3.75. The number of carbonyl (C=O) groups is 2. The number of nitrogens with one attached hydrogen (secondary N) is 2. The summed E-state index contributed by atoms with van der Waals surface area (Å²) in [5, 5.41) is 5.76. The van der Waals surface area contributed by atoms with E-state index in [0.29, 0.717) is 24.3 Å². The molecular weight excluding hydrogens is 354 g/mol. The van der Waals surface area contributed by atoms with Gasteiger partial charge in [0.1, 0.15) is 5.82 Å². The summed E-state index contributed by atoms with van der Waals surface area (Å²) in [6, 6.07) is 9.70. The van der Waals surface area contributed by atoms with Crippen molar-refractivity contribution in [1.82, 2.24) is 10.3 Å². The Hall–Kier alpha value is -3.09. The molecule has 2 N–H and O–H groups in total. The highest BCUT2D eigenvalue weighted by atomic mass is 16.2. The number of hydrogen-bond acceptors (Lipinski definition) is 5. The average molecular weight is 379 g/mol. The molecule has 7 nitrogen and oxygen atoms in total. The first-order chi connectivity index (χ1) is 13.6. The Morgan fingerprint density at radius 2 is 1.93 bits per heavy atom. The molecule has 2 saturated heterocycles. The molecular formula is C21H25N5O2. The second kappa shape index (κ2) is 7.88. The van der Waals surface area contributed by atoms with E-state index in [4.69, 9.17) is 0 Å². The van der Waals surface area contributed by atoms with Gasteiger partial charge in [0.25, 0.3) is 5.91 Å². The summed E-state index contributed by atoms with van der Waals surface area (Å²) in [7, 11) is 0. The molecule has 2 amide bonds. The maximum atomic E-state index is 12.9. The Kier molecular flexibility index (Phi) is 5.14. The number of carbonyl (C=O) groups excluding carboxylic acids is 2. The van der Waals surface area contributed by atoms with Crippen LogP contribution in [0.5, 0.6) is 0 Å². The van der Waals surface area contributed by atoms with Gasteiger partial charge in [-0.1, -0.05) is 11.6 Å². The average Bonchev–Trinajstić information content (AvgIpc) is 3.23. The predicted molar refractivity (Wildman–Crippen MR) is 110 cm³/mol. The Morgan fingerprint density at radius 1 is 1.11 bits per heavy atom. The molecule has 146 valence electrons. The first-order valence-corrected chi connectivity index (χ1v) is 9.75. The molecule has 1 aromatic heterocycles. The number of aryl methyl sites for hydroxylation is 1.